The number of rotatable bonds is 7. The van der Waals surface area contributed by atoms with Crippen LogP contribution in [0.25, 0.3) is 16.6 Å². The maximum Gasteiger partial charge on any atom is 0.416 e. The first kappa shape index (κ1) is 22.4. The molecular weight excluding hydrogens is 431 g/mol. The molecule has 4 rings (SSSR count). The Morgan fingerprint density at radius 1 is 1.03 bits per heavy atom. The van der Waals surface area contributed by atoms with Gasteiger partial charge < -0.3 is 10.1 Å². The zero-order valence-corrected chi connectivity index (χ0v) is 17.9. The highest BCUT2D eigenvalue weighted by Gasteiger charge is 2.30. The molecule has 170 valence electrons. The Hall–Kier alpha value is -3.81. The minimum atomic E-state index is -4.41. The van der Waals surface area contributed by atoms with Crippen molar-refractivity contribution in [1.29, 1.82) is 0 Å². The Morgan fingerprint density at radius 3 is 2.42 bits per heavy atom. The first-order valence-electron chi connectivity index (χ1n) is 10.5. The largest absolute Gasteiger partial charge is 0.489 e. The average molecular weight is 453 g/mol. The summed E-state index contributed by atoms with van der Waals surface area (Å²) < 4.78 is 46.3. The van der Waals surface area contributed by atoms with Crippen molar-refractivity contribution in [2.24, 2.45) is 0 Å². The summed E-state index contributed by atoms with van der Waals surface area (Å²) >= 11 is 0. The van der Waals surface area contributed by atoms with Crippen molar-refractivity contribution >= 4 is 16.8 Å². The summed E-state index contributed by atoms with van der Waals surface area (Å²) in [6.07, 6.45) is -4.08. The van der Waals surface area contributed by atoms with Gasteiger partial charge in [-0.15, -0.1) is 0 Å². The van der Waals surface area contributed by atoms with Crippen molar-refractivity contribution < 1.29 is 22.7 Å². The molecule has 0 aliphatic heterocycles. The molecule has 0 fully saturated rings. The summed E-state index contributed by atoms with van der Waals surface area (Å²) in [5, 5.41) is 8.14. The van der Waals surface area contributed by atoms with Crippen LogP contribution in [0.5, 0.6) is 5.75 Å². The van der Waals surface area contributed by atoms with Crippen LogP contribution < -0.4 is 10.1 Å². The number of aromatic nitrogens is 2. The normalized spacial score (nSPS) is 11.5. The van der Waals surface area contributed by atoms with Crippen molar-refractivity contribution in [3.63, 3.8) is 0 Å². The van der Waals surface area contributed by atoms with Crippen LogP contribution in [-0.4, -0.2) is 15.7 Å². The molecule has 33 heavy (non-hydrogen) atoms. The molecule has 1 N–H and O–H groups in total. The van der Waals surface area contributed by atoms with Gasteiger partial charge in [-0.3, -0.25) is 4.79 Å². The highest BCUT2D eigenvalue weighted by molar-refractivity contribution is 5.85. The van der Waals surface area contributed by atoms with Crippen molar-refractivity contribution in [3.8, 4) is 11.4 Å². The maximum atomic E-state index is 13.0. The highest BCUT2D eigenvalue weighted by atomic mass is 19.4. The van der Waals surface area contributed by atoms with E-state index in [0.717, 1.165) is 23.1 Å². The van der Waals surface area contributed by atoms with Crippen molar-refractivity contribution in [1.82, 2.24) is 15.1 Å². The third-order valence-electron chi connectivity index (χ3n) is 5.19. The van der Waals surface area contributed by atoms with E-state index < -0.39 is 11.7 Å². The summed E-state index contributed by atoms with van der Waals surface area (Å²) in [6.45, 7) is 2.34. The molecule has 0 spiro atoms. The van der Waals surface area contributed by atoms with E-state index in [4.69, 9.17) is 4.74 Å². The molecule has 0 saturated heterocycles. The summed E-state index contributed by atoms with van der Waals surface area (Å²) in [7, 11) is 0. The van der Waals surface area contributed by atoms with Gasteiger partial charge in [-0.05, 0) is 48.0 Å². The molecule has 0 saturated carbocycles. The van der Waals surface area contributed by atoms with Gasteiger partial charge in [0.25, 0.3) is 0 Å². The lowest BCUT2D eigenvalue weighted by Gasteiger charge is -2.09. The van der Waals surface area contributed by atoms with Gasteiger partial charge in [-0.1, -0.05) is 37.3 Å². The predicted molar refractivity (Wildman–Crippen MR) is 119 cm³/mol. The fourth-order valence-electron chi connectivity index (χ4n) is 3.42. The van der Waals surface area contributed by atoms with Crippen LogP contribution in [0.2, 0.25) is 0 Å². The predicted octanol–water partition coefficient (Wildman–Crippen LogP) is 5.65. The number of hydrogen-bond acceptors (Lipinski definition) is 3. The molecule has 0 unspecified atom stereocenters. The van der Waals surface area contributed by atoms with E-state index in [1.807, 2.05) is 42.5 Å². The molecule has 0 radical (unpaired) electrons. The van der Waals surface area contributed by atoms with Crippen LogP contribution in [0.4, 0.5) is 13.2 Å². The van der Waals surface area contributed by atoms with Gasteiger partial charge in [0, 0.05) is 11.8 Å². The number of alkyl halides is 3. The zero-order valence-electron chi connectivity index (χ0n) is 17.9. The first-order chi connectivity index (χ1) is 15.8. The van der Waals surface area contributed by atoms with Crippen LogP contribution in [0.1, 0.15) is 30.2 Å². The van der Waals surface area contributed by atoms with Gasteiger partial charge in [0.2, 0.25) is 5.91 Å². The van der Waals surface area contributed by atoms with E-state index in [-0.39, 0.29) is 12.5 Å². The van der Waals surface area contributed by atoms with Crippen LogP contribution in [0, 0.1) is 0 Å². The molecule has 4 aromatic rings. The first-order valence-corrected chi connectivity index (χ1v) is 10.5. The average Bonchev–Trinajstić information content (AvgIpc) is 3.19. The number of hydrogen-bond donors (Lipinski definition) is 1. The monoisotopic (exact) mass is 453 g/mol. The van der Waals surface area contributed by atoms with Gasteiger partial charge in [-0.25, -0.2) is 4.68 Å². The molecule has 8 heteroatoms. The molecule has 0 aliphatic carbocycles. The van der Waals surface area contributed by atoms with Crippen LogP contribution in [0.15, 0.2) is 72.8 Å². The lowest BCUT2D eigenvalue weighted by molar-refractivity contribution is -0.137. The van der Waals surface area contributed by atoms with E-state index >= 15 is 0 Å². The molecule has 0 atom stereocenters. The lowest BCUT2D eigenvalue weighted by Crippen LogP contribution is -2.21. The summed E-state index contributed by atoms with van der Waals surface area (Å²) in [5.41, 5.74) is 2.07. The van der Waals surface area contributed by atoms with Crippen molar-refractivity contribution in [3.05, 3.63) is 89.6 Å². The second-order valence-corrected chi connectivity index (χ2v) is 7.49. The van der Waals surface area contributed by atoms with E-state index in [1.165, 1.54) is 12.1 Å². The Kier molecular flexibility index (Phi) is 6.35. The molecule has 1 amide bonds. The third-order valence-corrected chi connectivity index (χ3v) is 5.19. The van der Waals surface area contributed by atoms with E-state index in [2.05, 4.69) is 10.4 Å². The SMILES string of the molecule is CCC(=O)NCc1nn(-c2ccc(C(F)(F)F)cc2)c2ccc(OCc3ccccc3)cc12. The Labute approximate surface area is 188 Å². The number of ether oxygens (including phenoxy) is 1. The number of benzene rings is 3. The Bertz CT molecular complexity index is 1250. The van der Waals surface area contributed by atoms with E-state index in [9.17, 15) is 18.0 Å². The number of nitrogens with zero attached hydrogens (tertiary/aromatic N) is 2. The van der Waals surface area contributed by atoms with Gasteiger partial charge in [0.15, 0.2) is 0 Å². The number of fused-ring (bicyclic) bond motifs is 1. The molecule has 1 aromatic heterocycles. The molecule has 0 aliphatic rings. The summed E-state index contributed by atoms with van der Waals surface area (Å²) in [5.74, 6) is 0.505. The maximum absolute atomic E-state index is 13.0. The van der Waals surface area contributed by atoms with Crippen molar-refractivity contribution in [2.75, 3.05) is 0 Å². The lowest BCUT2D eigenvalue weighted by atomic mass is 10.1. The topological polar surface area (TPSA) is 56.2 Å². The van der Waals surface area contributed by atoms with Gasteiger partial charge in [-0.2, -0.15) is 18.3 Å². The van der Waals surface area contributed by atoms with E-state index in [0.29, 0.717) is 35.7 Å². The fraction of sp³-hybridized carbons (Fsp3) is 0.200. The standard InChI is InChI=1S/C25H22F3N3O2/c1-2-24(32)29-15-22-21-14-20(33-16-17-6-4-3-5-7-17)12-13-23(21)31(30-22)19-10-8-18(9-11-19)25(26,27)28/h3-14H,2,15-16H2,1H3,(H,29,32). The Balaban J connectivity index is 1.68. The minimum Gasteiger partial charge on any atom is -0.489 e. The van der Waals surface area contributed by atoms with Gasteiger partial charge in [0.05, 0.1) is 29.0 Å². The Morgan fingerprint density at radius 2 is 1.76 bits per heavy atom. The molecular formula is C25H22F3N3O2. The number of nitrogens with one attached hydrogen (secondary N) is 1. The minimum absolute atomic E-state index is 0.122. The quantitative estimate of drug-likeness (QED) is 0.394. The summed E-state index contributed by atoms with van der Waals surface area (Å²) in [4.78, 5) is 11.8. The highest BCUT2D eigenvalue weighted by Crippen LogP contribution is 2.31. The second-order valence-electron chi connectivity index (χ2n) is 7.49. The van der Waals surface area contributed by atoms with Gasteiger partial charge >= 0.3 is 6.18 Å². The molecule has 1 heterocycles. The van der Waals surface area contributed by atoms with Crippen LogP contribution >= 0.6 is 0 Å². The van der Waals surface area contributed by atoms with Crippen LogP contribution in [-0.2, 0) is 24.1 Å². The molecule has 5 nitrogen and oxygen atoms in total. The van der Waals surface area contributed by atoms with Crippen molar-refractivity contribution in [2.45, 2.75) is 32.7 Å². The van der Waals surface area contributed by atoms with Gasteiger partial charge in [0.1, 0.15) is 12.4 Å². The smallest absolute Gasteiger partial charge is 0.416 e. The zero-order chi connectivity index (χ0) is 23.4. The van der Waals surface area contributed by atoms with Crippen LogP contribution in [0.3, 0.4) is 0 Å². The number of halogens is 3. The third kappa shape index (κ3) is 5.16. The number of amides is 1. The number of carbonyl (C=O) groups is 1. The molecule has 3 aromatic carbocycles. The van der Waals surface area contributed by atoms with E-state index in [1.54, 1.807) is 17.7 Å². The number of carbonyl (C=O) groups excluding carboxylic acids is 1. The fourth-order valence-corrected chi connectivity index (χ4v) is 3.42. The second kappa shape index (κ2) is 9.36. The summed E-state index contributed by atoms with van der Waals surface area (Å²) in [6, 6.07) is 20.0. The molecule has 0 bridgehead atoms.